The molecule has 2 atom stereocenters. The van der Waals surface area contributed by atoms with Crippen LogP contribution in [0.4, 0.5) is 0 Å². The molecule has 0 aliphatic heterocycles. The van der Waals surface area contributed by atoms with Crippen LogP contribution in [-0.2, 0) is 33.4 Å². The molecule has 7 nitrogen and oxygen atoms in total. The first-order chi connectivity index (χ1) is 24.7. The van der Waals surface area contributed by atoms with Gasteiger partial charge in [-0.3, -0.25) is 13.8 Å². The second-order valence-electron chi connectivity index (χ2n) is 14.7. The monoisotopic (exact) mass is 741 g/mol. The Hall–Kier alpha value is -1.67. The first kappa shape index (κ1) is 49.3. The lowest BCUT2D eigenvalue weighted by molar-refractivity contribution is -0.150. The van der Waals surface area contributed by atoms with E-state index in [1.165, 1.54) is 89.9 Å². The van der Waals surface area contributed by atoms with E-state index in [4.69, 9.17) is 13.7 Å². The van der Waals surface area contributed by atoms with E-state index in [2.05, 4.69) is 45.1 Å². The highest BCUT2D eigenvalue weighted by Gasteiger charge is 2.19. The minimum absolute atomic E-state index is 0.121. The molecule has 8 heteroatoms. The molecule has 0 rings (SSSR count). The van der Waals surface area contributed by atoms with Crippen molar-refractivity contribution in [2.75, 3.05) is 26.1 Å². The fraction of sp³-hybridized carbons (Fsp3) is 0.860. The zero-order valence-corrected chi connectivity index (χ0v) is 34.5. The summed E-state index contributed by atoms with van der Waals surface area (Å²) >= 11 is 0. The first-order valence-electron chi connectivity index (χ1n) is 21.2. The van der Waals surface area contributed by atoms with Gasteiger partial charge in [0.2, 0.25) is 0 Å². The SMILES string of the molecule is CCCCC/C=C\C/C=C\CCCCCCCC(=O)OCC(CCCCOS(C)(=O)=O)COC(=O)CC(CCCCCC)CCCCCCCC. The van der Waals surface area contributed by atoms with Crippen molar-refractivity contribution in [1.82, 2.24) is 0 Å². The Morgan fingerprint density at radius 3 is 1.59 bits per heavy atom. The fourth-order valence-electron chi connectivity index (χ4n) is 6.25. The van der Waals surface area contributed by atoms with Gasteiger partial charge in [0.15, 0.2) is 0 Å². The molecule has 0 bridgehead atoms. The minimum atomic E-state index is -3.47. The summed E-state index contributed by atoms with van der Waals surface area (Å²) in [6.45, 7) is 7.22. The summed E-state index contributed by atoms with van der Waals surface area (Å²) in [4.78, 5) is 25.5. The summed E-state index contributed by atoms with van der Waals surface area (Å²) in [7, 11) is -3.47. The summed E-state index contributed by atoms with van der Waals surface area (Å²) in [6.07, 6.45) is 39.8. The summed E-state index contributed by atoms with van der Waals surface area (Å²) in [5, 5.41) is 0. The van der Waals surface area contributed by atoms with Crippen LogP contribution in [0.15, 0.2) is 24.3 Å². The topological polar surface area (TPSA) is 96.0 Å². The number of carbonyl (C=O) groups excluding carboxylic acids is 2. The lowest BCUT2D eigenvalue weighted by Crippen LogP contribution is -2.22. The average molecular weight is 741 g/mol. The van der Waals surface area contributed by atoms with Gasteiger partial charge in [0, 0.05) is 18.8 Å². The Balaban J connectivity index is 4.58. The van der Waals surface area contributed by atoms with Crippen molar-refractivity contribution in [3.05, 3.63) is 24.3 Å². The Morgan fingerprint density at radius 1 is 0.529 bits per heavy atom. The lowest BCUT2D eigenvalue weighted by Gasteiger charge is -2.19. The number of rotatable bonds is 38. The van der Waals surface area contributed by atoms with E-state index >= 15 is 0 Å². The lowest BCUT2D eigenvalue weighted by atomic mass is 9.91. The minimum Gasteiger partial charge on any atom is -0.465 e. The van der Waals surface area contributed by atoms with Gasteiger partial charge < -0.3 is 9.47 Å². The second-order valence-corrected chi connectivity index (χ2v) is 16.4. The number of hydrogen-bond acceptors (Lipinski definition) is 7. The maximum Gasteiger partial charge on any atom is 0.306 e. The molecular formula is C43H80O7S. The molecule has 0 amide bonds. The zero-order chi connectivity index (χ0) is 37.7. The third kappa shape index (κ3) is 37.9. The molecule has 0 saturated heterocycles. The highest BCUT2D eigenvalue weighted by molar-refractivity contribution is 7.85. The molecule has 0 aliphatic carbocycles. The smallest absolute Gasteiger partial charge is 0.306 e. The number of hydrogen-bond donors (Lipinski definition) is 0. The molecule has 0 heterocycles. The van der Waals surface area contributed by atoms with Gasteiger partial charge in [0.1, 0.15) is 0 Å². The van der Waals surface area contributed by atoms with Gasteiger partial charge in [-0.15, -0.1) is 0 Å². The number of carbonyl (C=O) groups is 2. The summed E-state index contributed by atoms with van der Waals surface area (Å²) in [5.41, 5.74) is 0. The van der Waals surface area contributed by atoms with E-state index < -0.39 is 10.1 Å². The Kier molecular flexibility index (Phi) is 35.5. The summed E-state index contributed by atoms with van der Waals surface area (Å²) in [5.74, 6) is -0.136. The molecule has 0 saturated carbocycles. The molecule has 0 spiro atoms. The van der Waals surface area contributed by atoms with E-state index in [9.17, 15) is 18.0 Å². The maximum atomic E-state index is 13.0. The summed E-state index contributed by atoms with van der Waals surface area (Å²) < 4.78 is 38.9. The van der Waals surface area contributed by atoms with E-state index in [-0.39, 0.29) is 37.7 Å². The van der Waals surface area contributed by atoms with Crippen molar-refractivity contribution >= 4 is 22.1 Å². The Morgan fingerprint density at radius 2 is 0.980 bits per heavy atom. The highest BCUT2D eigenvalue weighted by Crippen LogP contribution is 2.23. The van der Waals surface area contributed by atoms with Gasteiger partial charge in [-0.25, -0.2) is 0 Å². The van der Waals surface area contributed by atoms with Gasteiger partial charge in [-0.05, 0) is 70.1 Å². The fourth-order valence-corrected chi connectivity index (χ4v) is 6.67. The molecule has 2 unspecified atom stereocenters. The van der Waals surface area contributed by atoms with Gasteiger partial charge in [-0.2, -0.15) is 8.42 Å². The molecule has 0 aromatic heterocycles. The molecule has 51 heavy (non-hydrogen) atoms. The van der Waals surface area contributed by atoms with E-state index in [0.29, 0.717) is 38.0 Å². The van der Waals surface area contributed by atoms with Gasteiger partial charge >= 0.3 is 11.9 Å². The number of esters is 2. The molecule has 0 aromatic carbocycles. The molecule has 0 fully saturated rings. The van der Waals surface area contributed by atoms with Crippen molar-refractivity contribution in [3.63, 3.8) is 0 Å². The van der Waals surface area contributed by atoms with Crippen LogP contribution >= 0.6 is 0 Å². The van der Waals surface area contributed by atoms with E-state index in [1.54, 1.807) is 0 Å². The highest BCUT2D eigenvalue weighted by atomic mass is 32.2. The van der Waals surface area contributed by atoms with Crippen LogP contribution in [0.5, 0.6) is 0 Å². The van der Waals surface area contributed by atoms with Crippen molar-refractivity contribution < 1.29 is 31.7 Å². The standard InChI is InChI=1S/C43H80O7S/c1-5-8-11-14-16-17-18-19-20-21-22-23-24-26-29-35-42(44)48-38-41(34-30-31-36-50-51(4,46)47)39-49-43(45)37-40(32-27-13-10-7-3)33-28-25-15-12-9-6-2/h16-17,19-20,40-41H,5-15,18,21-39H2,1-4H3/b17-16-,20-19-. The second kappa shape index (κ2) is 36.7. The van der Waals surface area contributed by atoms with Gasteiger partial charge in [-0.1, -0.05) is 148 Å². The van der Waals surface area contributed by atoms with E-state index in [1.807, 2.05) is 0 Å². The summed E-state index contributed by atoms with van der Waals surface area (Å²) in [6, 6.07) is 0. The van der Waals surface area contributed by atoms with Crippen LogP contribution in [0.2, 0.25) is 0 Å². The van der Waals surface area contributed by atoms with Crippen LogP contribution in [0, 0.1) is 11.8 Å². The molecule has 300 valence electrons. The number of unbranched alkanes of at least 4 members (excludes halogenated alkanes) is 17. The molecule has 0 radical (unpaired) electrons. The number of allylic oxidation sites excluding steroid dienone is 4. The van der Waals surface area contributed by atoms with Crippen molar-refractivity contribution in [2.24, 2.45) is 11.8 Å². The largest absolute Gasteiger partial charge is 0.465 e. The van der Waals surface area contributed by atoms with Gasteiger partial charge in [0.05, 0.1) is 26.1 Å². The predicted octanol–water partition coefficient (Wildman–Crippen LogP) is 12.4. The van der Waals surface area contributed by atoms with Crippen molar-refractivity contribution in [3.8, 4) is 0 Å². The number of ether oxygens (including phenoxy) is 2. The van der Waals surface area contributed by atoms with Crippen LogP contribution < -0.4 is 0 Å². The van der Waals surface area contributed by atoms with Crippen molar-refractivity contribution in [1.29, 1.82) is 0 Å². The average Bonchev–Trinajstić information content (AvgIpc) is 3.09. The Bertz CT molecular complexity index is 959. The van der Waals surface area contributed by atoms with Crippen LogP contribution in [0.25, 0.3) is 0 Å². The van der Waals surface area contributed by atoms with Crippen molar-refractivity contribution in [2.45, 2.75) is 201 Å². The van der Waals surface area contributed by atoms with Crippen LogP contribution in [0.1, 0.15) is 201 Å². The third-order valence-electron chi connectivity index (χ3n) is 9.48. The van der Waals surface area contributed by atoms with Gasteiger partial charge in [0.25, 0.3) is 10.1 Å². The quantitative estimate of drug-likeness (QED) is 0.0269. The third-order valence-corrected chi connectivity index (χ3v) is 10.1. The van der Waals surface area contributed by atoms with Crippen LogP contribution in [-0.4, -0.2) is 46.4 Å². The van der Waals surface area contributed by atoms with Crippen LogP contribution in [0.3, 0.4) is 0 Å². The molecular weight excluding hydrogens is 661 g/mol. The normalized spacial score (nSPS) is 13.3. The molecule has 0 N–H and O–H groups in total. The maximum absolute atomic E-state index is 13.0. The Labute approximate surface area is 315 Å². The predicted molar refractivity (Wildman–Crippen MR) is 214 cm³/mol. The molecule has 0 aromatic rings. The first-order valence-corrected chi connectivity index (χ1v) is 23.0. The molecule has 0 aliphatic rings. The van der Waals surface area contributed by atoms with E-state index in [0.717, 1.165) is 64.0 Å². The zero-order valence-electron chi connectivity index (χ0n) is 33.7.